The molecule has 4 aromatic rings. The highest BCUT2D eigenvalue weighted by atomic mass is 16.5. The lowest BCUT2D eigenvalue weighted by Gasteiger charge is -2.07. The lowest BCUT2D eigenvalue weighted by molar-refractivity contribution is -0.144. The van der Waals surface area contributed by atoms with Gasteiger partial charge in [-0.2, -0.15) is 5.10 Å². The van der Waals surface area contributed by atoms with Crippen molar-refractivity contribution < 1.29 is 9.53 Å². The normalized spacial score (nSPS) is 17.8. The van der Waals surface area contributed by atoms with Crippen LogP contribution in [0.1, 0.15) is 25.1 Å². The zero-order valence-electron chi connectivity index (χ0n) is 16.6. The summed E-state index contributed by atoms with van der Waals surface area (Å²) in [4.78, 5) is 20.8. The summed E-state index contributed by atoms with van der Waals surface area (Å²) >= 11 is 0. The van der Waals surface area contributed by atoms with E-state index in [9.17, 15) is 4.79 Å². The second-order valence-electron chi connectivity index (χ2n) is 7.13. The Bertz CT molecular complexity index is 1230. The second-order valence-corrected chi connectivity index (χ2v) is 7.13. The van der Waals surface area contributed by atoms with Crippen LogP contribution in [0.5, 0.6) is 0 Å². The van der Waals surface area contributed by atoms with Crippen LogP contribution < -0.4 is 5.32 Å². The van der Waals surface area contributed by atoms with Gasteiger partial charge in [-0.15, -0.1) is 10.2 Å². The van der Waals surface area contributed by atoms with Gasteiger partial charge in [0.1, 0.15) is 11.6 Å². The van der Waals surface area contributed by atoms with Gasteiger partial charge in [-0.3, -0.25) is 13.9 Å². The molecule has 0 saturated heterocycles. The first kappa shape index (κ1) is 18.2. The minimum atomic E-state index is -0.162. The average molecular weight is 404 g/mol. The molecule has 1 fully saturated rings. The lowest BCUT2D eigenvalue weighted by atomic mass is 10.2. The fourth-order valence-electron chi connectivity index (χ4n) is 3.50. The Balaban J connectivity index is 1.39. The average Bonchev–Trinajstić information content (AvgIpc) is 3.28. The SMILES string of the molecule is CCOC(=O)[C@@H]1C[C@H]1c1nnc2cc(-c3ccnc(Nc4ccnn4C)n3)ccn12. The third-order valence-electron chi connectivity index (χ3n) is 5.16. The summed E-state index contributed by atoms with van der Waals surface area (Å²) in [7, 11) is 1.84. The van der Waals surface area contributed by atoms with Gasteiger partial charge in [-0.25, -0.2) is 9.97 Å². The van der Waals surface area contributed by atoms with E-state index in [0.29, 0.717) is 18.2 Å². The van der Waals surface area contributed by atoms with E-state index < -0.39 is 0 Å². The first-order chi connectivity index (χ1) is 14.6. The summed E-state index contributed by atoms with van der Waals surface area (Å²) in [6, 6.07) is 7.57. The van der Waals surface area contributed by atoms with Gasteiger partial charge in [0.25, 0.3) is 0 Å². The molecule has 0 spiro atoms. The topological polar surface area (TPSA) is 112 Å². The lowest BCUT2D eigenvalue weighted by Crippen LogP contribution is -2.08. The van der Waals surface area contributed by atoms with Crippen molar-refractivity contribution in [1.29, 1.82) is 0 Å². The molecule has 0 radical (unpaired) electrons. The molecule has 5 rings (SSSR count). The van der Waals surface area contributed by atoms with E-state index in [1.54, 1.807) is 17.1 Å². The third-order valence-corrected chi connectivity index (χ3v) is 5.16. The Kier molecular flexibility index (Phi) is 4.38. The highest BCUT2D eigenvalue weighted by molar-refractivity contribution is 5.77. The summed E-state index contributed by atoms with van der Waals surface area (Å²) < 4.78 is 8.75. The van der Waals surface area contributed by atoms with E-state index in [0.717, 1.165) is 29.3 Å². The first-order valence-electron chi connectivity index (χ1n) is 9.74. The maximum absolute atomic E-state index is 11.9. The summed E-state index contributed by atoms with van der Waals surface area (Å²) in [6.45, 7) is 2.20. The Hall–Kier alpha value is -3.82. The molecular formula is C20H20N8O2. The van der Waals surface area contributed by atoms with Crippen LogP contribution in [-0.4, -0.2) is 46.9 Å². The molecule has 30 heavy (non-hydrogen) atoms. The van der Waals surface area contributed by atoms with Crippen LogP contribution in [0.2, 0.25) is 0 Å². The smallest absolute Gasteiger partial charge is 0.309 e. The second kappa shape index (κ2) is 7.21. The number of nitrogens with zero attached hydrogens (tertiary/aromatic N) is 7. The van der Waals surface area contributed by atoms with Crippen LogP contribution in [-0.2, 0) is 16.6 Å². The summed E-state index contributed by atoms with van der Waals surface area (Å²) in [6.07, 6.45) is 6.07. The highest BCUT2D eigenvalue weighted by Gasteiger charge is 2.48. The Morgan fingerprint density at radius 2 is 2.17 bits per heavy atom. The fourth-order valence-corrected chi connectivity index (χ4v) is 3.50. The molecule has 1 N–H and O–H groups in total. The van der Waals surface area contributed by atoms with Gasteiger partial charge >= 0.3 is 5.97 Å². The maximum atomic E-state index is 11.9. The Morgan fingerprint density at radius 3 is 2.97 bits per heavy atom. The van der Waals surface area contributed by atoms with Crippen molar-refractivity contribution >= 4 is 23.4 Å². The van der Waals surface area contributed by atoms with Gasteiger partial charge in [0.05, 0.1) is 24.4 Å². The van der Waals surface area contributed by atoms with Crippen molar-refractivity contribution in [2.24, 2.45) is 13.0 Å². The third kappa shape index (κ3) is 3.25. The quantitative estimate of drug-likeness (QED) is 0.487. The van der Waals surface area contributed by atoms with E-state index in [-0.39, 0.29) is 17.8 Å². The van der Waals surface area contributed by atoms with Gasteiger partial charge in [0.15, 0.2) is 5.65 Å². The molecule has 0 unspecified atom stereocenters. The fraction of sp³-hybridized carbons (Fsp3) is 0.300. The summed E-state index contributed by atoms with van der Waals surface area (Å²) in [5, 5.41) is 15.9. The van der Waals surface area contributed by atoms with Crippen LogP contribution >= 0.6 is 0 Å². The van der Waals surface area contributed by atoms with Gasteiger partial charge in [0.2, 0.25) is 5.95 Å². The van der Waals surface area contributed by atoms with Gasteiger partial charge in [-0.1, -0.05) is 0 Å². The molecule has 4 aromatic heterocycles. The number of pyridine rings is 1. The van der Waals surface area contributed by atoms with Crippen LogP contribution in [0.15, 0.2) is 42.9 Å². The predicted molar refractivity (Wildman–Crippen MR) is 108 cm³/mol. The largest absolute Gasteiger partial charge is 0.466 e. The van der Waals surface area contributed by atoms with E-state index in [1.165, 1.54) is 0 Å². The molecule has 10 heteroatoms. The number of hydrogen-bond donors (Lipinski definition) is 1. The number of fused-ring (bicyclic) bond motifs is 1. The number of hydrogen-bond acceptors (Lipinski definition) is 8. The zero-order valence-corrected chi connectivity index (χ0v) is 16.6. The van der Waals surface area contributed by atoms with Gasteiger partial charge < -0.3 is 10.1 Å². The number of carbonyl (C=O) groups is 1. The minimum absolute atomic E-state index is 0.0543. The van der Waals surface area contributed by atoms with E-state index in [2.05, 4.69) is 30.6 Å². The van der Waals surface area contributed by atoms with Crippen molar-refractivity contribution in [2.75, 3.05) is 11.9 Å². The number of esters is 1. The van der Waals surface area contributed by atoms with Gasteiger partial charge in [-0.05, 0) is 31.5 Å². The van der Waals surface area contributed by atoms with E-state index in [1.807, 2.05) is 48.8 Å². The maximum Gasteiger partial charge on any atom is 0.309 e. The molecule has 10 nitrogen and oxygen atoms in total. The van der Waals surface area contributed by atoms with Crippen LogP contribution in [0.3, 0.4) is 0 Å². The zero-order chi connectivity index (χ0) is 20.7. The number of ether oxygens (including phenoxy) is 1. The summed E-state index contributed by atoms with van der Waals surface area (Å²) in [5.74, 6) is 1.83. The van der Waals surface area contributed by atoms with Crippen molar-refractivity contribution in [2.45, 2.75) is 19.3 Å². The molecule has 1 saturated carbocycles. The summed E-state index contributed by atoms with van der Waals surface area (Å²) in [5.41, 5.74) is 2.36. The molecule has 2 atom stereocenters. The number of carbonyl (C=O) groups excluding carboxylic acids is 1. The Labute approximate surface area is 171 Å². The number of rotatable bonds is 6. The molecule has 4 heterocycles. The van der Waals surface area contributed by atoms with Crippen molar-refractivity contribution in [1.82, 2.24) is 34.3 Å². The minimum Gasteiger partial charge on any atom is -0.466 e. The molecule has 1 aliphatic rings. The van der Waals surface area contributed by atoms with E-state index in [4.69, 9.17) is 4.74 Å². The molecule has 0 bridgehead atoms. The molecule has 152 valence electrons. The monoisotopic (exact) mass is 404 g/mol. The molecule has 1 aliphatic carbocycles. The molecule has 0 amide bonds. The predicted octanol–water partition coefficient (Wildman–Crippen LogP) is 2.33. The van der Waals surface area contributed by atoms with Crippen LogP contribution in [0.4, 0.5) is 11.8 Å². The van der Waals surface area contributed by atoms with Crippen molar-refractivity contribution in [3.05, 3.63) is 48.7 Å². The molecule has 0 aromatic carbocycles. The number of aryl methyl sites for hydroxylation is 1. The van der Waals surface area contributed by atoms with Crippen molar-refractivity contribution in [3.8, 4) is 11.3 Å². The molecular weight excluding hydrogens is 384 g/mol. The number of aromatic nitrogens is 7. The Morgan fingerprint density at radius 1 is 1.27 bits per heavy atom. The highest BCUT2D eigenvalue weighted by Crippen LogP contribution is 2.47. The van der Waals surface area contributed by atoms with Gasteiger partial charge in [0, 0.05) is 37.0 Å². The standard InChI is InChI=1S/C20H20N8O2/c1-3-30-19(29)14-11-13(14)18-26-25-17-10-12(6-9-28(17)18)15-4-7-21-20(23-15)24-16-5-8-22-27(16)2/h4-10,13-14H,3,11H2,1-2H3,(H,21,23,24)/t13-,14-/m1/s1. The van der Waals surface area contributed by atoms with Crippen LogP contribution in [0.25, 0.3) is 16.9 Å². The van der Waals surface area contributed by atoms with E-state index >= 15 is 0 Å². The number of nitrogens with one attached hydrogen (secondary N) is 1. The first-order valence-corrected chi connectivity index (χ1v) is 9.74. The molecule has 0 aliphatic heterocycles. The number of anilines is 2. The van der Waals surface area contributed by atoms with Crippen molar-refractivity contribution in [3.63, 3.8) is 0 Å². The van der Waals surface area contributed by atoms with Crippen LogP contribution in [0, 0.1) is 5.92 Å².